The number of fused-ring (bicyclic) bond motifs is 1. The van der Waals surface area contributed by atoms with Crippen LogP contribution in [0.25, 0.3) is 0 Å². The Labute approximate surface area is 226 Å². The largest absolute Gasteiger partial charge is 0.418 e. The Morgan fingerprint density at radius 3 is 2.33 bits per heavy atom. The summed E-state index contributed by atoms with van der Waals surface area (Å²) < 4.78 is 21.1. The SMILES string of the molecule is CC(=O)Oc1c2n(c(=O)n(C(C)C)c1=O)C(CCN(C)Cc1ccccc1)CN(Cc1ccc(F)cc1)C2=O. The molecule has 3 aromatic rings. The first-order valence-electron chi connectivity index (χ1n) is 12.9. The molecule has 10 heteroatoms. The molecule has 1 aliphatic rings. The molecule has 0 aliphatic carbocycles. The fraction of sp³-hybridized carbons (Fsp3) is 0.379. The van der Waals surface area contributed by atoms with Crippen molar-refractivity contribution in [3.63, 3.8) is 0 Å². The van der Waals surface area contributed by atoms with Crippen LogP contribution in [0.4, 0.5) is 4.39 Å². The van der Waals surface area contributed by atoms with Gasteiger partial charge in [0, 0.05) is 39.1 Å². The van der Waals surface area contributed by atoms with Gasteiger partial charge in [-0.05, 0) is 50.6 Å². The van der Waals surface area contributed by atoms with Crippen molar-refractivity contribution in [2.24, 2.45) is 0 Å². The van der Waals surface area contributed by atoms with Gasteiger partial charge in [-0.3, -0.25) is 23.5 Å². The topological polar surface area (TPSA) is 93.8 Å². The van der Waals surface area contributed by atoms with Crippen LogP contribution in [0, 0.1) is 5.82 Å². The van der Waals surface area contributed by atoms with Crippen LogP contribution in [-0.2, 0) is 17.9 Å². The van der Waals surface area contributed by atoms with Gasteiger partial charge in [-0.1, -0.05) is 42.5 Å². The molecule has 0 radical (unpaired) electrons. The molecular formula is C29H33FN4O5. The average molecular weight is 537 g/mol. The van der Waals surface area contributed by atoms with Crippen molar-refractivity contribution >= 4 is 11.9 Å². The second-order valence-corrected chi connectivity index (χ2v) is 10.2. The second kappa shape index (κ2) is 11.8. The van der Waals surface area contributed by atoms with Gasteiger partial charge < -0.3 is 14.5 Å². The van der Waals surface area contributed by atoms with E-state index in [1.54, 1.807) is 26.0 Å². The number of aromatic nitrogens is 2. The van der Waals surface area contributed by atoms with E-state index in [9.17, 15) is 23.6 Å². The molecule has 206 valence electrons. The number of hydrogen-bond acceptors (Lipinski definition) is 6. The Kier molecular flexibility index (Phi) is 8.44. The molecule has 1 aliphatic heterocycles. The van der Waals surface area contributed by atoms with E-state index in [0.29, 0.717) is 25.1 Å². The Morgan fingerprint density at radius 2 is 1.72 bits per heavy atom. The van der Waals surface area contributed by atoms with Gasteiger partial charge in [-0.25, -0.2) is 9.18 Å². The van der Waals surface area contributed by atoms with E-state index in [1.807, 2.05) is 37.4 Å². The van der Waals surface area contributed by atoms with Gasteiger partial charge in [0.25, 0.3) is 11.5 Å². The quantitative estimate of drug-likeness (QED) is 0.390. The Balaban J connectivity index is 1.76. The molecule has 1 aromatic heterocycles. The first kappa shape index (κ1) is 28.0. The molecule has 1 amide bonds. The van der Waals surface area contributed by atoms with Gasteiger partial charge in [0.15, 0.2) is 5.69 Å². The molecule has 1 unspecified atom stereocenters. The number of hydrogen-bond donors (Lipinski definition) is 0. The average Bonchev–Trinajstić information content (AvgIpc) is 2.88. The predicted molar refractivity (Wildman–Crippen MR) is 144 cm³/mol. The van der Waals surface area contributed by atoms with E-state index in [4.69, 9.17) is 4.74 Å². The number of esters is 1. The van der Waals surface area contributed by atoms with Crippen molar-refractivity contribution < 1.29 is 18.7 Å². The van der Waals surface area contributed by atoms with E-state index < -0.39 is 46.8 Å². The van der Waals surface area contributed by atoms with Crippen LogP contribution in [-0.4, -0.2) is 50.9 Å². The van der Waals surface area contributed by atoms with Gasteiger partial charge in [0.2, 0.25) is 5.75 Å². The molecule has 2 heterocycles. The van der Waals surface area contributed by atoms with Crippen molar-refractivity contribution in [2.75, 3.05) is 20.1 Å². The van der Waals surface area contributed by atoms with Crippen LogP contribution in [0.1, 0.15) is 60.9 Å². The Morgan fingerprint density at radius 1 is 1.05 bits per heavy atom. The first-order valence-corrected chi connectivity index (χ1v) is 12.9. The number of carbonyl (C=O) groups is 2. The number of rotatable bonds is 9. The third-order valence-electron chi connectivity index (χ3n) is 6.76. The smallest absolute Gasteiger partial charge is 0.332 e. The molecular weight excluding hydrogens is 503 g/mol. The fourth-order valence-corrected chi connectivity index (χ4v) is 4.93. The number of benzene rings is 2. The van der Waals surface area contributed by atoms with E-state index in [0.717, 1.165) is 17.1 Å². The highest BCUT2D eigenvalue weighted by molar-refractivity contribution is 5.96. The van der Waals surface area contributed by atoms with Gasteiger partial charge in [0.05, 0.1) is 6.04 Å². The zero-order valence-corrected chi connectivity index (χ0v) is 22.6. The molecule has 9 nitrogen and oxygen atoms in total. The van der Waals surface area contributed by atoms with E-state index in [2.05, 4.69) is 4.90 Å². The first-order chi connectivity index (χ1) is 18.6. The highest BCUT2D eigenvalue weighted by atomic mass is 19.1. The van der Waals surface area contributed by atoms with E-state index >= 15 is 0 Å². The lowest BCUT2D eigenvalue weighted by Crippen LogP contribution is -2.53. The number of amides is 1. The second-order valence-electron chi connectivity index (χ2n) is 10.2. The molecule has 0 N–H and O–H groups in total. The number of carbonyl (C=O) groups excluding carboxylic acids is 2. The van der Waals surface area contributed by atoms with Gasteiger partial charge in [-0.15, -0.1) is 0 Å². The summed E-state index contributed by atoms with van der Waals surface area (Å²) in [7, 11) is 1.97. The molecule has 0 spiro atoms. The summed E-state index contributed by atoms with van der Waals surface area (Å²) in [5.41, 5.74) is 0.145. The maximum Gasteiger partial charge on any atom is 0.332 e. The summed E-state index contributed by atoms with van der Waals surface area (Å²) in [6.45, 7) is 6.11. The van der Waals surface area contributed by atoms with Crippen molar-refractivity contribution in [1.82, 2.24) is 18.9 Å². The van der Waals surface area contributed by atoms with Crippen LogP contribution < -0.4 is 16.0 Å². The van der Waals surface area contributed by atoms with Gasteiger partial charge in [0.1, 0.15) is 5.82 Å². The predicted octanol–water partition coefficient (Wildman–Crippen LogP) is 3.37. The Hall–Kier alpha value is -4.05. The molecule has 2 aromatic carbocycles. The van der Waals surface area contributed by atoms with Crippen molar-refractivity contribution in [1.29, 1.82) is 0 Å². The summed E-state index contributed by atoms with van der Waals surface area (Å²) in [6, 6.07) is 14.7. The van der Waals surface area contributed by atoms with E-state index in [1.165, 1.54) is 21.6 Å². The monoisotopic (exact) mass is 536 g/mol. The van der Waals surface area contributed by atoms with Crippen LogP contribution in [0.3, 0.4) is 0 Å². The number of halogens is 1. The zero-order valence-electron chi connectivity index (χ0n) is 22.6. The molecule has 1 atom stereocenters. The fourth-order valence-electron chi connectivity index (χ4n) is 4.93. The summed E-state index contributed by atoms with van der Waals surface area (Å²) in [6.07, 6.45) is 0.485. The highest BCUT2D eigenvalue weighted by Gasteiger charge is 2.38. The lowest BCUT2D eigenvalue weighted by molar-refractivity contribution is -0.132. The summed E-state index contributed by atoms with van der Waals surface area (Å²) in [5, 5.41) is 0. The summed E-state index contributed by atoms with van der Waals surface area (Å²) in [4.78, 5) is 56.3. The minimum atomic E-state index is -0.826. The highest BCUT2D eigenvalue weighted by Crippen LogP contribution is 2.28. The van der Waals surface area contributed by atoms with Crippen LogP contribution >= 0.6 is 0 Å². The minimum Gasteiger partial charge on any atom is -0.418 e. The molecule has 0 fully saturated rings. The summed E-state index contributed by atoms with van der Waals surface area (Å²) >= 11 is 0. The maximum absolute atomic E-state index is 13.7. The van der Waals surface area contributed by atoms with Crippen LogP contribution in [0.15, 0.2) is 64.2 Å². The molecule has 39 heavy (non-hydrogen) atoms. The van der Waals surface area contributed by atoms with Crippen LogP contribution in [0.2, 0.25) is 0 Å². The van der Waals surface area contributed by atoms with Crippen molar-refractivity contribution in [3.8, 4) is 5.75 Å². The standard InChI is InChI=1S/C29H33FN4O5/c1-19(2)33-28(37)26(39-20(3)35)25-27(36)32(17-22-10-12-23(30)13-11-22)18-24(34(25)29(33)38)14-15-31(4)16-21-8-6-5-7-9-21/h5-13,19,24H,14-18H2,1-4H3. The molecule has 0 saturated carbocycles. The van der Waals surface area contributed by atoms with Crippen LogP contribution in [0.5, 0.6) is 5.75 Å². The molecule has 4 rings (SSSR count). The maximum atomic E-state index is 13.7. The summed E-state index contributed by atoms with van der Waals surface area (Å²) in [5.74, 6) is -2.22. The normalized spacial score (nSPS) is 15.1. The lowest BCUT2D eigenvalue weighted by atomic mass is 10.1. The van der Waals surface area contributed by atoms with Crippen molar-refractivity contribution in [2.45, 2.75) is 52.4 Å². The zero-order chi connectivity index (χ0) is 28.3. The van der Waals surface area contributed by atoms with Gasteiger partial charge >= 0.3 is 11.7 Å². The molecule has 0 bridgehead atoms. The third kappa shape index (κ3) is 6.17. The number of nitrogens with zero attached hydrogens (tertiary/aromatic N) is 4. The Bertz CT molecular complexity index is 1460. The minimum absolute atomic E-state index is 0.135. The van der Waals surface area contributed by atoms with Crippen molar-refractivity contribution in [3.05, 3.63) is 98.1 Å². The molecule has 0 saturated heterocycles. The third-order valence-corrected chi connectivity index (χ3v) is 6.76. The number of ether oxygens (including phenoxy) is 1. The van der Waals surface area contributed by atoms with E-state index in [-0.39, 0.29) is 18.8 Å². The van der Waals surface area contributed by atoms with Gasteiger partial charge in [-0.2, -0.15) is 0 Å². The lowest BCUT2D eigenvalue weighted by Gasteiger charge is -2.37.